The van der Waals surface area contributed by atoms with E-state index in [-0.39, 0.29) is 24.8 Å². The number of esters is 1. The summed E-state index contributed by atoms with van der Waals surface area (Å²) in [6.45, 7) is 0.0898. The molecule has 25 heavy (non-hydrogen) atoms. The maximum Gasteiger partial charge on any atom is 0.325 e. The van der Waals surface area contributed by atoms with Crippen molar-refractivity contribution in [1.29, 1.82) is 0 Å². The molecule has 126 valence electrons. The van der Waals surface area contributed by atoms with Crippen LogP contribution in [0.2, 0.25) is 0 Å². The van der Waals surface area contributed by atoms with Crippen LogP contribution in [0, 0.1) is 0 Å². The van der Waals surface area contributed by atoms with Crippen LogP contribution < -0.4 is 5.32 Å². The quantitative estimate of drug-likeness (QED) is 0.668. The highest BCUT2D eigenvalue weighted by Crippen LogP contribution is 2.40. The van der Waals surface area contributed by atoms with Crippen LogP contribution in [0.4, 0.5) is 5.69 Å². The number of halogens is 1. The second-order valence-corrected chi connectivity index (χ2v) is 6.84. The Bertz CT molecular complexity index is 1020. The molecule has 1 N–H and O–H groups in total. The van der Waals surface area contributed by atoms with Gasteiger partial charge in [0.15, 0.2) is 0 Å². The van der Waals surface area contributed by atoms with Gasteiger partial charge >= 0.3 is 5.97 Å². The minimum absolute atomic E-state index is 0.0664. The van der Waals surface area contributed by atoms with Crippen LogP contribution in [0.5, 0.6) is 0 Å². The third-order valence-electron chi connectivity index (χ3n) is 4.44. The molecule has 3 aromatic rings. The normalized spacial score (nSPS) is 13.0. The smallest absolute Gasteiger partial charge is 0.325 e. The van der Waals surface area contributed by atoms with Crippen molar-refractivity contribution in [2.24, 2.45) is 0 Å². The van der Waals surface area contributed by atoms with Gasteiger partial charge in [-0.05, 0) is 29.8 Å². The molecule has 1 aliphatic heterocycles. The average Bonchev–Trinajstić information content (AvgIpc) is 2.78. The van der Waals surface area contributed by atoms with Crippen LogP contribution in [-0.2, 0) is 27.3 Å². The van der Waals surface area contributed by atoms with Gasteiger partial charge in [0.2, 0.25) is 5.91 Å². The van der Waals surface area contributed by atoms with Gasteiger partial charge in [-0.3, -0.25) is 9.59 Å². The first-order valence-corrected chi connectivity index (χ1v) is 8.64. The number of benzene rings is 2. The van der Waals surface area contributed by atoms with E-state index in [2.05, 4.69) is 21.2 Å². The molecule has 0 atom stereocenters. The summed E-state index contributed by atoms with van der Waals surface area (Å²) in [5.41, 5.74) is 4.36. The zero-order chi connectivity index (χ0) is 17.6. The molecular weight excluding hydrogens is 384 g/mol. The minimum Gasteiger partial charge on any atom is -0.468 e. The first-order chi connectivity index (χ1) is 12.1. The minimum atomic E-state index is -0.330. The van der Waals surface area contributed by atoms with Crippen LogP contribution in [0.25, 0.3) is 22.2 Å². The Morgan fingerprint density at radius 3 is 2.88 bits per heavy atom. The SMILES string of the molecule is COC(=O)Cn1c2c(c3cc(Br)ccc31)CC(=O)Nc1ccccc1-2. The van der Waals surface area contributed by atoms with E-state index in [0.717, 1.165) is 37.9 Å². The number of carbonyl (C=O) groups is 2. The lowest BCUT2D eigenvalue weighted by Gasteiger charge is -2.12. The van der Waals surface area contributed by atoms with Crippen LogP contribution in [0.3, 0.4) is 0 Å². The number of fused-ring (bicyclic) bond motifs is 5. The average molecular weight is 399 g/mol. The molecule has 0 unspecified atom stereocenters. The van der Waals surface area contributed by atoms with E-state index in [1.807, 2.05) is 47.0 Å². The van der Waals surface area contributed by atoms with Gasteiger partial charge in [-0.2, -0.15) is 0 Å². The van der Waals surface area contributed by atoms with E-state index in [4.69, 9.17) is 4.74 Å². The molecule has 2 aromatic carbocycles. The van der Waals surface area contributed by atoms with Crippen molar-refractivity contribution in [3.63, 3.8) is 0 Å². The van der Waals surface area contributed by atoms with Crippen molar-refractivity contribution < 1.29 is 14.3 Å². The number of carbonyl (C=O) groups excluding carboxylic acids is 2. The number of para-hydroxylation sites is 1. The van der Waals surface area contributed by atoms with Crippen molar-refractivity contribution in [3.8, 4) is 11.3 Å². The molecular formula is C19H15BrN2O3. The summed E-state index contributed by atoms with van der Waals surface area (Å²) in [6.07, 6.45) is 0.255. The molecule has 0 fully saturated rings. The van der Waals surface area contributed by atoms with E-state index < -0.39 is 0 Å². The fraction of sp³-hybridized carbons (Fsp3) is 0.158. The molecule has 4 rings (SSSR count). The van der Waals surface area contributed by atoms with E-state index in [0.29, 0.717) is 0 Å². The van der Waals surface area contributed by atoms with Gasteiger partial charge in [-0.15, -0.1) is 0 Å². The van der Waals surface area contributed by atoms with E-state index >= 15 is 0 Å². The van der Waals surface area contributed by atoms with Gasteiger partial charge in [0.25, 0.3) is 0 Å². The standard InChI is InChI=1S/C19H15BrN2O3/c1-25-18(24)10-22-16-7-6-11(20)8-13(16)14-9-17(23)21-15-5-3-2-4-12(15)19(14)22/h2-8H,9-10H2,1H3,(H,21,23). The molecule has 0 saturated carbocycles. The Hall–Kier alpha value is -2.60. The molecule has 1 amide bonds. The second-order valence-electron chi connectivity index (χ2n) is 5.92. The summed E-state index contributed by atoms with van der Waals surface area (Å²) < 4.78 is 7.74. The van der Waals surface area contributed by atoms with Gasteiger partial charge < -0.3 is 14.6 Å². The molecule has 5 nitrogen and oxygen atoms in total. The molecule has 0 spiro atoms. The predicted octanol–water partition coefficient (Wildman–Crippen LogP) is 3.74. The van der Waals surface area contributed by atoms with Gasteiger partial charge in [0.1, 0.15) is 6.54 Å². The molecule has 0 radical (unpaired) electrons. The molecule has 2 heterocycles. The van der Waals surface area contributed by atoms with Crippen molar-refractivity contribution >= 4 is 44.4 Å². The van der Waals surface area contributed by atoms with Crippen LogP contribution in [0.1, 0.15) is 5.56 Å². The first kappa shape index (κ1) is 15.9. The number of rotatable bonds is 2. The zero-order valence-electron chi connectivity index (χ0n) is 13.5. The first-order valence-electron chi connectivity index (χ1n) is 7.85. The summed E-state index contributed by atoms with van der Waals surface area (Å²) in [4.78, 5) is 24.4. The Kier molecular flexibility index (Phi) is 3.84. The maximum atomic E-state index is 12.4. The fourth-order valence-electron chi connectivity index (χ4n) is 3.39. The van der Waals surface area contributed by atoms with E-state index in [1.165, 1.54) is 7.11 Å². The summed E-state index contributed by atoms with van der Waals surface area (Å²) in [7, 11) is 1.38. The van der Waals surface area contributed by atoms with E-state index in [9.17, 15) is 9.59 Å². The molecule has 0 bridgehead atoms. The Labute approximate surface area is 152 Å². The Balaban J connectivity index is 2.10. The fourth-order valence-corrected chi connectivity index (χ4v) is 3.76. The van der Waals surface area contributed by atoms with Gasteiger partial charge in [-0.25, -0.2) is 0 Å². The topological polar surface area (TPSA) is 60.3 Å². The molecule has 0 saturated heterocycles. The number of methoxy groups -OCH3 is 1. The largest absolute Gasteiger partial charge is 0.468 e. The van der Waals surface area contributed by atoms with Crippen LogP contribution in [-0.4, -0.2) is 23.6 Å². The summed E-state index contributed by atoms with van der Waals surface area (Å²) in [5, 5.41) is 3.91. The summed E-state index contributed by atoms with van der Waals surface area (Å²) >= 11 is 3.50. The second kappa shape index (κ2) is 6.04. The van der Waals surface area contributed by atoms with Crippen molar-refractivity contribution in [3.05, 3.63) is 52.5 Å². The van der Waals surface area contributed by atoms with Crippen molar-refractivity contribution in [2.45, 2.75) is 13.0 Å². The highest BCUT2D eigenvalue weighted by Gasteiger charge is 2.26. The van der Waals surface area contributed by atoms with Crippen molar-refractivity contribution in [1.82, 2.24) is 4.57 Å². The number of ether oxygens (including phenoxy) is 1. The van der Waals surface area contributed by atoms with Crippen molar-refractivity contribution in [2.75, 3.05) is 12.4 Å². The maximum absolute atomic E-state index is 12.4. The molecule has 0 aliphatic carbocycles. The van der Waals surface area contributed by atoms with Gasteiger partial charge in [0.05, 0.1) is 24.9 Å². The number of anilines is 1. The van der Waals surface area contributed by atoms with Gasteiger partial charge in [-0.1, -0.05) is 34.1 Å². The molecule has 1 aromatic heterocycles. The lowest BCUT2D eigenvalue weighted by Crippen LogP contribution is -2.12. The van der Waals surface area contributed by atoms with E-state index in [1.54, 1.807) is 0 Å². The van der Waals surface area contributed by atoms with Gasteiger partial charge in [0, 0.05) is 20.9 Å². The number of aromatic nitrogens is 1. The third kappa shape index (κ3) is 2.62. The lowest BCUT2D eigenvalue weighted by molar-refractivity contribution is -0.141. The monoisotopic (exact) mass is 398 g/mol. The van der Waals surface area contributed by atoms with Crippen LogP contribution >= 0.6 is 15.9 Å². The summed E-state index contributed by atoms with van der Waals surface area (Å²) in [6, 6.07) is 13.5. The lowest BCUT2D eigenvalue weighted by atomic mass is 10.0. The third-order valence-corrected chi connectivity index (χ3v) is 4.93. The molecule has 6 heteroatoms. The molecule has 1 aliphatic rings. The highest BCUT2D eigenvalue weighted by atomic mass is 79.9. The Morgan fingerprint density at radius 2 is 2.08 bits per heavy atom. The number of nitrogens with one attached hydrogen (secondary N) is 1. The predicted molar refractivity (Wildman–Crippen MR) is 99.4 cm³/mol. The summed E-state index contributed by atoms with van der Waals surface area (Å²) in [5.74, 6) is -0.396. The number of nitrogens with zero attached hydrogens (tertiary/aromatic N) is 1. The van der Waals surface area contributed by atoms with Crippen LogP contribution in [0.15, 0.2) is 46.9 Å². The number of hydrogen-bond acceptors (Lipinski definition) is 3. The number of amides is 1. The Morgan fingerprint density at radius 1 is 1.28 bits per heavy atom. The zero-order valence-corrected chi connectivity index (χ0v) is 15.1. The highest BCUT2D eigenvalue weighted by molar-refractivity contribution is 9.10. The number of hydrogen-bond donors (Lipinski definition) is 1.